The molecule has 27 heavy (non-hydrogen) atoms. The van der Waals surface area contributed by atoms with Crippen molar-refractivity contribution >= 4 is 23.0 Å². The number of hydrogen-bond acceptors (Lipinski definition) is 3. The van der Waals surface area contributed by atoms with Gasteiger partial charge in [0.2, 0.25) is 0 Å². The molecule has 3 unspecified atom stereocenters. The summed E-state index contributed by atoms with van der Waals surface area (Å²) in [6.45, 7) is 0. The van der Waals surface area contributed by atoms with Crippen LogP contribution in [-0.2, 0) is 0 Å². The van der Waals surface area contributed by atoms with Crippen LogP contribution in [0.1, 0.15) is 30.9 Å². The van der Waals surface area contributed by atoms with Crippen LogP contribution in [0.25, 0.3) is 0 Å². The molecule has 0 radical (unpaired) electrons. The maximum absolute atomic E-state index is 14.7. The molecule has 7 heteroatoms. The Morgan fingerprint density at radius 2 is 2.15 bits per heavy atom. The van der Waals surface area contributed by atoms with Crippen molar-refractivity contribution in [2.24, 2.45) is 5.92 Å². The van der Waals surface area contributed by atoms with Crippen LogP contribution < -0.4 is 19.7 Å². The third-order valence-electron chi connectivity index (χ3n) is 5.89. The highest BCUT2D eigenvalue weighted by Gasteiger charge is 2.61. The van der Waals surface area contributed by atoms with Crippen LogP contribution in [-0.4, -0.2) is 17.9 Å². The van der Waals surface area contributed by atoms with Crippen molar-refractivity contribution in [2.45, 2.75) is 31.0 Å². The highest BCUT2D eigenvalue weighted by atomic mass is 32.1. The molecule has 4 nitrogen and oxygen atoms in total. The summed E-state index contributed by atoms with van der Waals surface area (Å²) in [6.07, 6.45) is 2.56. The second kappa shape index (κ2) is 5.79. The van der Waals surface area contributed by atoms with Crippen LogP contribution in [0.15, 0.2) is 36.4 Å². The van der Waals surface area contributed by atoms with Gasteiger partial charge in [0, 0.05) is 24.0 Å². The quantitative estimate of drug-likeness (QED) is 0.776. The molecule has 3 atom stereocenters. The lowest BCUT2D eigenvalue weighted by atomic mass is 9.80. The van der Waals surface area contributed by atoms with Gasteiger partial charge in [-0.2, -0.15) is 0 Å². The van der Waals surface area contributed by atoms with Crippen LogP contribution in [0.3, 0.4) is 0 Å². The topological polar surface area (TPSA) is 33.7 Å². The monoisotopic (exact) mass is 388 g/mol. The van der Waals surface area contributed by atoms with E-state index < -0.39 is 17.4 Å². The third kappa shape index (κ3) is 2.21. The van der Waals surface area contributed by atoms with Gasteiger partial charge in [-0.05, 0) is 43.3 Å². The molecule has 1 saturated carbocycles. The van der Waals surface area contributed by atoms with Crippen molar-refractivity contribution in [1.29, 1.82) is 0 Å². The Balaban J connectivity index is 1.71. The summed E-state index contributed by atoms with van der Waals surface area (Å²) in [5.74, 6) is 0.101. The van der Waals surface area contributed by atoms with Gasteiger partial charge in [0.1, 0.15) is 11.6 Å². The number of halogens is 2. The summed E-state index contributed by atoms with van der Waals surface area (Å²) >= 11 is 5.61. The van der Waals surface area contributed by atoms with E-state index in [1.807, 2.05) is 18.2 Å². The molecule has 2 aliphatic heterocycles. The molecule has 0 amide bonds. The molecule has 2 fully saturated rings. The second-order valence-electron chi connectivity index (χ2n) is 7.18. The van der Waals surface area contributed by atoms with Crippen LogP contribution >= 0.6 is 12.2 Å². The van der Waals surface area contributed by atoms with E-state index in [1.54, 1.807) is 12.0 Å². The van der Waals surface area contributed by atoms with Crippen molar-refractivity contribution in [3.8, 4) is 11.5 Å². The van der Waals surface area contributed by atoms with Gasteiger partial charge < -0.3 is 14.8 Å². The Bertz CT molecular complexity index is 954. The number of anilines is 1. The van der Waals surface area contributed by atoms with Gasteiger partial charge in [0.25, 0.3) is 0 Å². The maximum Gasteiger partial charge on any atom is 0.194 e. The number of methoxy groups -OCH3 is 1. The predicted molar refractivity (Wildman–Crippen MR) is 101 cm³/mol. The molecular formula is C20H18F2N2O2S. The molecule has 1 N–H and O–H groups in total. The minimum atomic E-state index is -0.812. The van der Waals surface area contributed by atoms with E-state index in [0.717, 1.165) is 24.5 Å². The van der Waals surface area contributed by atoms with E-state index in [2.05, 4.69) is 5.32 Å². The molecular weight excluding hydrogens is 370 g/mol. The number of ether oxygens (including phenoxy) is 2. The van der Waals surface area contributed by atoms with Gasteiger partial charge in [-0.25, -0.2) is 8.78 Å². The van der Waals surface area contributed by atoms with Crippen molar-refractivity contribution < 1.29 is 18.3 Å². The highest BCUT2D eigenvalue weighted by Crippen LogP contribution is 2.58. The fraction of sp³-hybridized carbons (Fsp3) is 0.350. The molecule has 3 aliphatic rings. The lowest BCUT2D eigenvalue weighted by Crippen LogP contribution is -2.69. The first-order chi connectivity index (χ1) is 13.0. The zero-order chi connectivity index (χ0) is 18.8. The smallest absolute Gasteiger partial charge is 0.194 e. The third-order valence-corrected chi connectivity index (χ3v) is 6.19. The summed E-state index contributed by atoms with van der Waals surface area (Å²) in [6, 6.07) is 9.30. The first kappa shape index (κ1) is 16.7. The molecule has 2 aromatic rings. The molecule has 1 saturated heterocycles. The summed E-state index contributed by atoms with van der Waals surface area (Å²) in [4.78, 5) is 1.70. The number of thiocarbonyl (C=S) groups is 1. The number of para-hydroxylation sites is 1. The Morgan fingerprint density at radius 3 is 2.93 bits per heavy atom. The Hall–Kier alpha value is -2.41. The fourth-order valence-electron chi connectivity index (χ4n) is 4.83. The van der Waals surface area contributed by atoms with Gasteiger partial charge >= 0.3 is 0 Å². The number of nitrogens with one attached hydrogen (secondary N) is 1. The first-order valence-corrected chi connectivity index (χ1v) is 9.37. The Kier molecular flexibility index (Phi) is 3.59. The number of hydrogen-bond donors (Lipinski definition) is 1. The van der Waals surface area contributed by atoms with E-state index in [1.165, 1.54) is 12.1 Å². The van der Waals surface area contributed by atoms with Gasteiger partial charge in [0.15, 0.2) is 22.3 Å². The predicted octanol–water partition coefficient (Wildman–Crippen LogP) is 4.30. The number of rotatable bonds is 2. The van der Waals surface area contributed by atoms with Crippen LogP contribution in [0.4, 0.5) is 14.5 Å². The van der Waals surface area contributed by atoms with Crippen molar-refractivity contribution in [2.75, 3.05) is 12.0 Å². The normalized spacial score (nSPS) is 28.1. The first-order valence-electron chi connectivity index (χ1n) is 8.97. The van der Waals surface area contributed by atoms with E-state index in [4.69, 9.17) is 21.7 Å². The maximum atomic E-state index is 14.7. The fourth-order valence-corrected chi connectivity index (χ4v) is 5.21. The lowest BCUT2D eigenvalue weighted by molar-refractivity contribution is -0.00775. The molecule has 140 valence electrons. The van der Waals surface area contributed by atoms with Gasteiger partial charge in [-0.1, -0.05) is 12.1 Å². The van der Waals surface area contributed by atoms with Gasteiger partial charge in [0.05, 0.1) is 18.8 Å². The molecule has 1 aliphatic carbocycles. The lowest BCUT2D eigenvalue weighted by Gasteiger charge is -2.56. The van der Waals surface area contributed by atoms with E-state index in [9.17, 15) is 8.78 Å². The van der Waals surface area contributed by atoms with Crippen LogP contribution in [0, 0.1) is 17.6 Å². The zero-order valence-corrected chi connectivity index (χ0v) is 15.5. The largest absolute Gasteiger partial charge is 0.493 e. The molecule has 2 bridgehead atoms. The van der Waals surface area contributed by atoms with Gasteiger partial charge in [-0.3, -0.25) is 4.90 Å². The second-order valence-corrected chi connectivity index (χ2v) is 7.57. The average Bonchev–Trinajstić information content (AvgIpc) is 3.08. The summed E-state index contributed by atoms with van der Waals surface area (Å²) in [5, 5.41) is 3.76. The molecule has 5 rings (SSSR count). The highest BCUT2D eigenvalue weighted by molar-refractivity contribution is 7.80. The Morgan fingerprint density at radius 1 is 1.30 bits per heavy atom. The zero-order valence-electron chi connectivity index (χ0n) is 14.7. The average molecular weight is 388 g/mol. The van der Waals surface area contributed by atoms with Crippen LogP contribution in [0.5, 0.6) is 11.5 Å². The van der Waals surface area contributed by atoms with E-state index in [0.29, 0.717) is 23.0 Å². The number of nitrogens with zero attached hydrogens (tertiary/aromatic N) is 1. The standard InChI is InChI=1S/C20H18F2N2O2S/c1-25-16-6-2-4-12-17-13-5-3-9-20(13,26-18(12)16)24(19(27)23-17)15-8-7-11(21)10-14(15)22/h2,4,6-8,10,13,17H,3,5,9H2,1H3,(H,23,27). The summed E-state index contributed by atoms with van der Waals surface area (Å²) in [5.41, 5.74) is 0.406. The number of fused-ring (bicyclic) bond motifs is 2. The molecule has 2 aromatic carbocycles. The van der Waals surface area contributed by atoms with E-state index in [-0.39, 0.29) is 17.6 Å². The number of benzene rings is 2. The Labute approximate surface area is 161 Å². The van der Waals surface area contributed by atoms with Crippen molar-refractivity contribution in [1.82, 2.24) is 5.32 Å². The SMILES string of the molecule is COc1cccc2c1OC13CCCC1C2NC(=S)N3c1ccc(F)cc1F. The van der Waals surface area contributed by atoms with Crippen LogP contribution in [0.2, 0.25) is 0 Å². The minimum Gasteiger partial charge on any atom is -0.493 e. The van der Waals surface area contributed by atoms with E-state index >= 15 is 0 Å². The van der Waals surface area contributed by atoms with Crippen molar-refractivity contribution in [3.63, 3.8) is 0 Å². The van der Waals surface area contributed by atoms with Crippen molar-refractivity contribution in [3.05, 3.63) is 53.6 Å². The molecule has 0 spiro atoms. The molecule has 0 aromatic heterocycles. The minimum absolute atomic E-state index is 0.0291. The van der Waals surface area contributed by atoms with Gasteiger partial charge in [-0.15, -0.1) is 0 Å². The summed E-state index contributed by atoms with van der Waals surface area (Å²) < 4.78 is 40.2. The summed E-state index contributed by atoms with van der Waals surface area (Å²) in [7, 11) is 1.60. The molecule has 2 heterocycles.